The van der Waals surface area contributed by atoms with Crippen LogP contribution in [0.15, 0.2) is 36.7 Å². The monoisotopic (exact) mass is 458 g/mol. The van der Waals surface area contributed by atoms with E-state index in [4.69, 9.17) is 4.98 Å². The van der Waals surface area contributed by atoms with Gasteiger partial charge in [0.15, 0.2) is 0 Å². The Kier molecular flexibility index (Phi) is 6.31. The lowest BCUT2D eigenvalue weighted by atomic mass is 9.65. The molecule has 0 amide bonds. The molecule has 31 heavy (non-hydrogen) atoms. The topological polar surface area (TPSA) is 110 Å². The number of thiazole rings is 1. The number of nitrogens with zero attached hydrogens (tertiary/aromatic N) is 4. The van der Waals surface area contributed by atoms with Crippen LogP contribution < -0.4 is 10.0 Å². The van der Waals surface area contributed by atoms with Gasteiger partial charge < -0.3 is 5.32 Å². The summed E-state index contributed by atoms with van der Waals surface area (Å²) in [4.78, 5) is 9.87. The van der Waals surface area contributed by atoms with Crippen LogP contribution in [0.4, 0.5) is 5.82 Å². The van der Waals surface area contributed by atoms with E-state index in [-0.39, 0.29) is 12.0 Å². The van der Waals surface area contributed by atoms with Crippen LogP contribution in [0.2, 0.25) is 0 Å². The van der Waals surface area contributed by atoms with E-state index >= 15 is 0 Å². The van der Waals surface area contributed by atoms with Crippen LogP contribution in [0.25, 0.3) is 10.7 Å². The van der Waals surface area contributed by atoms with Gasteiger partial charge in [-0.15, -0.1) is 21.5 Å². The van der Waals surface area contributed by atoms with Gasteiger partial charge in [-0.25, -0.2) is 18.1 Å². The lowest BCUT2D eigenvalue weighted by Gasteiger charge is -2.42. The van der Waals surface area contributed by atoms with E-state index in [9.17, 15) is 8.42 Å². The molecule has 2 N–H and O–H groups in total. The molecular weight excluding hydrogens is 432 g/mol. The standard InChI is InChI=1S/C21H26N6O2S2/c1-3-15-6-4-11-22-19(15)21(9-5-10-21)14-24-18-8-7-17(26-27-18)20-23-12-16(30-20)13-25-31(2,28)29/h4,6-8,11-12,25H,3,5,9-10,13-14H2,1-2H3,(H,24,27). The van der Waals surface area contributed by atoms with Crippen LogP contribution >= 0.6 is 11.3 Å². The molecule has 1 saturated carbocycles. The Morgan fingerprint density at radius 3 is 2.65 bits per heavy atom. The molecule has 1 aliphatic rings. The summed E-state index contributed by atoms with van der Waals surface area (Å²) >= 11 is 1.40. The van der Waals surface area contributed by atoms with Crippen LogP contribution in [-0.4, -0.2) is 41.4 Å². The summed E-state index contributed by atoms with van der Waals surface area (Å²) in [7, 11) is -3.24. The predicted octanol–water partition coefficient (Wildman–Crippen LogP) is 3.14. The molecule has 164 valence electrons. The van der Waals surface area contributed by atoms with E-state index in [1.165, 1.54) is 29.0 Å². The number of hydrogen-bond acceptors (Lipinski definition) is 8. The average Bonchev–Trinajstić information content (AvgIpc) is 3.21. The molecule has 8 nitrogen and oxygen atoms in total. The molecule has 0 atom stereocenters. The maximum atomic E-state index is 11.2. The van der Waals surface area contributed by atoms with Gasteiger partial charge >= 0.3 is 0 Å². The van der Waals surface area contributed by atoms with Crippen LogP contribution in [0.3, 0.4) is 0 Å². The van der Waals surface area contributed by atoms with Gasteiger partial charge in [-0.3, -0.25) is 4.98 Å². The summed E-state index contributed by atoms with van der Waals surface area (Å²) in [5, 5.41) is 12.8. The fourth-order valence-electron chi connectivity index (χ4n) is 3.81. The first-order valence-corrected chi connectivity index (χ1v) is 13.0. The molecular formula is C21H26N6O2S2. The maximum absolute atomic E-state index is 11.2. The van der Waals surface area contributed by atoms with Crippen LogP contribution in [0, 0.1) is 0 Å². The van der Waals surface area contributed by atoms with Crippen molar-refractivity contribution < 1.29 is 8.42 Å². The van der Waals surface area contributed by atoms with E-state index < -0.39 is 10.0 Å². The third kappa shape index (κ3) is 5.08. The minimum absolute atomic E-state index is 0.0593. The molecule has 0 unspecified atom stereocenters. The predicted molar refractivity (Wildman–Crippen MR) is 122 cm³/mol. The summed E-state index contributed by atoms with van der Waals surface area (Å²) < 4.78 is 25.0. The summed E-state index contributed by atoms with van der Waals surface area (Å²) in [6.45, 7) is 3.17. The average molecular weight is 459 g/mol. The molecule has 0 aromatic carbocycles. The molecule has 0 radical (unpaired) electrons. The summed E-state index contributed by atoms with van der Waals surface area (Å²) in [5.74, 6) is 0.722. The van der Waals surface area contributed by atoms with Crippen LogP contribution in [0.5, 0.6) is 0 Å². The molecule has 4 rings (SSSR count). The zero-order chi connectivity index (χ0) is 21.9. The van der Waals surface area contributed by atoms with Gasteiger partial charge in [-0.1, -0.05) is 19.4 Å². The Balaban J connectivity index is 1.42. The number of aryl methyl sites for hydroxylation is 1. The largest absolute Gasteiger partial charge is 0.368 e. The zero-order valence-electron chi connectivity index (χ0n) is 17.6. The lowest BCUT2D eigenvalue weighted by molar-refractivity contribution is 0.251. The fraction of sp³-hybridized carbons (Fsp3) is 0.429. The molecule has 10 heteroatoms. The van der Waals surface area contributed by atoms with Crippen molar-refractivity contribution in [2.45, 2.75) is 44.6 Å². The number of aromatic nitrogens is 4. The lowest BCUT2D eigenvalue weighted by Crippen LogP contribution is -2.42. The zero-order valence-corrected chi connectivity index (χ0v) is 19.3. The van der Waals surface area contributed by atoms with Crippen molar-refractivity contribution >= 4 is 27.2 Å². The van der Waals surface area contributed by atoms with Gasteiger partial charge in [0, 0.05) is 35.8 Å². The van der Waals surface area contributed by atoms with E-state index in [0.717, 1.165) is 42.8 Å². The Morgan fingerprint density at radius 1 is 1.16 bits per heavy atom. The molecule has 3 aromatic rings. The highest BCUT2D eigenvalue weighted by molar-refractivity contribution is 7.88. The summed E-state index contributed by atoms with van der Waals surface area (Å²) in [6, 6.07) is 7.97. The van der Waals surface area contributed by atoms with Gasteiger partial charge in [-0.05, 0) is 43.0 Å². The molecule has 0 bridgehead atoms. The van der Waals surface area contributed by atoms with Crippen molar-refractivity contribution in [1.82, 2.24) is 24.9 Å². The number of rotatable bonds is 9. The van der Waals surface area contributed by atoms with E-state index in [0.29, 0.717) is 10.7 Å². The Bertz CT molecular complexity index is 1140. The van der Waals surface area contributed by atoms with Crippen molar-refractivity contribution in [1.29, 1.82) is 0 Å². The molecule has 1 aliphatic carbocycles. The Hall–Kier alpha value is -2.43. The highest BCUT2D eigenvalue weighted by atomic mass is 32.2. The van der Waals surface area contributed by atoms with Crippen molar-refractivity contribution in [2.24, 2.45) is 0 Å². The number of hydrogen-bond donors (Lipinski definition) is 2. The first-order chi connectivity index (χ1) is 14.9. The molecule has 3 aromatic heterocycles. The van der Waals surface area contributed by atoms with Crippen molar-refractivity contribution in [3.8, 4) is 10.7 Å². The summed E-state index contributed by atoms with van der Waals surface area (Å²) in [5.41, 5.74) is 3.25. The maximum Gasteiger partial charge on any atom is 0.209 e. The quantitative estimate of drug-likeness (QED) is 0.507. The Labute approximate surface area is 186 Å². The van der Waals surface area contributed by atoms with Gasteiger partial charge in [0.25, 0.3) is 0 Å². The number of pyridine rings is 1. The van der Waals surface area contributed by atoms with E-state index in [1.807, 2.05) is 24.4 Å². The minimum Gasteiger partial charge on any atom is -0.368 e. The van der Waals surface area contributed by atoms with Gasteiger partial charge in [0.05, 0.1) is 11.9 Å². The van der Waals surface area contributed by atoms with E-state index in [2.05, 4.69) is 38.2 Å². The normalized spacial score (nSPS) is 15.4. The highest BCUT2D eigenvalue weighted by Crippen LogP contribution is 2.44. The first-order valence-electron chi connectivity index (χ1n) is 10.3. The van der Waals surface area contributed by atoms with Gasteiger partial charge in [0.2, 0.25) is 10.0 Å². The second-order valence-corrected chi connectivity index (χ2v) is 10.8. The minimum atomic E-state index is -3.24. The number of sulfonamides is 1. The second kappa shape index (κ2) is 8.97. The molecule has 0 aliphatic heterocycles. The fourth-order valence-corrected chi connectivity index (χ4v) is 5.14. The van der Waals surface area contributed by atoms with Crippen LogP contribution in [-0.2, 0) is 28.4 Å². The number of nitrogens with one attached hydrogen (secondary N) is 2. The van der Waals surface area contributed by atoms with Crippen molar-refractivity contribution in [3.63, 3.8) is 0 Å². The smallest absolute Gasteiger partial charge is 0.209 e. The van der Waals surface area contributed by atoms with Crippen LogP contribution in [0.1, 0.15) is 42.3 Å². The highest BCUT2D eigenvalue weighted by Gasteiger charge is 2.41. The molecule has 1 fully saturated rings. The third-order valence-electron chi connectivity index (χ3n) is 5.64. The number of anilines is 1. The molecule has 3 heterocycles. The van der Waals surface area contributed by atoms with Crippen molar-refractivity contribution in [3.05, 3.63) is 52.8 Å². The van der Waals surface area contributed by atoms with Gasteiger partial charge in [0.1, 0.15) is 16.5 Å². The SMILES string of the molecule is CCc1cccnc1C1(CNc2ccc(-c3ncc(CNS(C)(=O)=O)s3)nn2)CCC1. The first kappa shape index (κ1) is 21.8. The van der Waals surface area contributed by atoms with Gasteiger partial charge in [-0.2, -0.15) is 0 Å². The molecule has 0 spiro atoms. The second-order valence-electron chi connectivity index (χ2n) is 7.88. The Morgan fingerprint density at radius 2 is 2.00 bits per heavy atom. The van der Waals surface area contributed by atoms with E-state index in [1.54, 1.807) is 6.20 Å². The third-order valence-corrected chi connectivity index (χ3v) is 7.33. The van der Waals surface area contributed by atoms with Crippen molar-refractivity contribution in [2.75, 3.05) is 18.1 Å². The molecule has 0 saturated heterocycles. The summed E-state index contributed by atoms with van der Waals surface area (Å²) in [6.07, 6.45) is 9.12.